The van der Waals surface area contributed by atoms with Gasteiger partial charge in [-0.15, -0.1) is 0 Å². The van der Waals surface area contributed by atoms with Crippen molar-refractivity contribution < 1.29 is 24.5 Å². The zero-order valence-electron chi connectivity index (χ0n) is 15.1. The maximum atomic E-state index is 11.0. The zero-order valence-corrected chi connectivity index (χ0v) is 15.1. The minimum Gasteiger partial charge on any atom is -0.472 e. The van der Waals surface area contributed by atoms with E-state index in [1.54, 1.807) is 12.5 Å². The number of hydrogen-bond acceptors (Lipinski definition) is 5. The number of hydrogen-bond donors (Lipinski definition) is 3. The number of furan rings is 1. The summed E-state index contributed by atoms with van der Waals surface area (Å²) in [6.45, 7) is 4.98. The molecule has 0 aromatic carbocycles. The van der Waals surface area contributed by atoms with Crippen LogP contribution in [-0.4, -0.2) is 40.2 Å². The van der Waals surface area contributed by atoms with Gasteiger partial charge in [0.25, 0.3) is 0 Å². The molecule has 3 fully saturated rings. The van der Waals surface area contributed by atoms with Gasteiger partial charge < -0.3 is 24.5 Å². The highest BCUT2D eigenvalue weighted by atomic mass is 16.6. The van der Waals surface area contributed by atoms with Crippen LogP contribution < -0.4 is 0 Å². The van der Waals surface area contributed by atoms with Gasteiger partial charge in [-0.1, -0.05) is 20.3 Å². The molecule has 2 saturated carbocycles. The SMILES string of the molecule is C[C@@H]1C[C@H](O)[C@]2(CO)[C@H](CCC[C@]23CO3)[C@@]1(C)C[C@H](O)c1ccoc1. The summed E-state index contributed by atoms with van der Waals surface area (Å²) in [7, 11) is 0. The van der Waals surface area contributed by atoms with Crippen LogP contribution in [-0.2, 0) is 4.74 Å². The maximum absolute atomic E-state index is 11.0. The average Bonchev–Trinajstić information content (AvgIpc) is 3.13. The van der Waals surface area contributed by atoms with Crippen LogP contribution in [0.3, 0.4) is 0 Å². The lowest BCUT2D eigenvalue weighted by molar-refractivity contribution is -0.216. The van der Waals surface area contributed by atoms with E-state index < -0.39 is 17.6 Å². The molecular formula is C20H30O5. The van der Waals surface area contributed by atoms with Gasteiger partial charge >= 0.3 is 0 Å². The van der Waals surface area contributed by atoms with E-state index in [2.05, 4.69) is 13.8 Å². The Balaban J connectivity index is 1.71. The summed E-state index contributed by atoms with van der Waals surface area (Å²) in [6, 6.07) is 1.81. The molecule has 1 aromatic heterocycles. The van der Waals surface area contributed by atoms with Crippen molar-refractivity contribution in [2.24, 2.45) is 22.7 Å². The minimum atomic E-state index is -0.609. The lowest BCUT2D eigenvalue weighted by Crippen LogP contribution is -2.66. The standard InChI is InChI=1S/C20H30O5/c1-13-8-17(23)20(11-21)16(4-3-6-19(20)12-25-19)18(13,2)9-15(22)14-5-7-24-10-14/h5,7,10,13,15-17,21-23H,3-4,6,8-9,11-12H2,1-2H3/t13-,15+,16-,17+,18+,19+,20+/m1/s1. The molecule has 1 spiro atoms. The Morgan fingerprint density at radius 2 is 2.16 bits per heavy atom. The van der Waals surface area contributed by atoms with Crippen LogP contribution in [0.25, 0.3) is 0 Å². The van der Waals surface area contributed by atoms with Crippen molar-refractivity contribution in [3.05, 3.63) is 24.2 Å². The third-order valence-electron chi connectivity index (χ3n) is 7.95. The minimum absolute atomic E-state index is 0.0526. The zero-order chi connectivity index (χ0) is 17.9. The maximum Gasteiger partial charge on any atom is 0.102 e. The molecule has 1 saturated heterocycles. The quantitative estimate of drug-likeness (QED) is 0.727. The number of aliphatic hydroxyl groups excluding tert-OH is 3. The Hall–Kier alpha value is -0.880. The normalized spacial score (nSPS) is 47.5. The van der Waals surface area contributed by atoms with E-state index in [1.165, 1.54) is 0 Å². The van der Waals surface area contributed by atoms with Crippen molar-refractivity contribution in [2.45, 2.75) is 63.8 Å². The van der Waals surface area contributed by atoms with Gasteiger partial charge in [0, 0.05) is 5.56 Å². The largest absolute Gasteiger partial charge is 0.472 e. The van der Waals surface area contributed by atoms with Crippen LogP contribution in [0, 0.1) is 22.7 Å². The molecule has 0 amide bonds. The van der Waals surface area contributed by atoms with Gasteiger partial charge in [-0.2, -0.15) is 0 Å². The smallest absolute Gasteiger partial charge is 0.102 e. The van der Waals surface area contributed by atoms with E-state index in [9.17, 15) is 15.3 Å². The summed E-state index contributed by atoms with van der Waals surface area (Å²) in [4.78, 5) is 0. The van der Waals surface area contributed by atoms with Gasteiger partial charge in [0.2, 0.25) is 0 Å². The van der Waals surface area contributed by atoms with E-state index in [0.29, 0.717) is 19.4 Å². The fourth-order valence-electron chi connectivity index (χ4n) is 6.21. The molecule has 3 N–H and O–H groups in total. The lowest BCUT2D eigenvalue weighted by Gasteiger charge is -2.62. The fraction of sp³-hybridized carbons (Fsp3) is 0.800. The third-order valence-corrected chi connectivity index (χ3v) is 7.95. The molecule has 5 nitrogen and oxygen atoms in total. The molecule has 1 aliphatic heterocycles. The monoisotopic (exact) mass is 350 g/mol. The second-order valence-corrected chi connectivity index (χ2v) is 8.86. The average molecular weight is 350 g/mol. The molecule has 7 atom stereocenters. The van der Waals surface area contributed by atoms with Gasteiger partial charge in [0.1, 0.15) is 5.60 Å². The first-order valence-electron chi connectivity index (χ1n) is 9.53. The van der Waals surface area contributed by atoms with Crippen molar-refractivity contribution in [2.75, 3.05) is 13.2 Å². The first kappa shape index (κ1) is 17.5. The van der Waals surface area contributed by atoms with Crippen molar-refractivity contribution in [1.82, 2.24) is 0 Å². The molecule has 140 valence electrons. The molecular weight excluding hydrogens is 320 g/mol. The first-order chi connectivity index (χ1) is 11.9. The van der Waals surface area contributed by atoms with E-state index in [1.807, 2.05) is 6.07 Å². The highest BCUT2D eigenvalue weighted by Gasteiger charge is 2.73. The van der Waals surface area contributed by atoms with Crippen LogP contribution >= 0.6 is 0 Å². The van der Waals surface area contributed by atoms with Crippen molar-refractivity contribution in [3.63, 3.8) is 0 Å². The van der Waals surface area contributed by atoms with Gasteiger partial charge in [0.05, 0.1) is 43.4 Å². The topological polar surface area (TPSA) is 86.4 Å². The van der Waals surface area contributed by atoms with Crippen molar-refractivity contribution in [1.29, 1.82) is 0 Å². The molecule has 4 rings (SSSR count). The predicted molar refractivity (Wildman–Crippen MR) is 91.7 cm³/mol. The Bertz CT molecular complexity index is 610. The molecule has 2 aliphatic carbocycles. The van der Waals surface area contributed by atoms with Gasteiger partial charge in [-0.05, 0) is 49.0 Å². The number of fused-ring (bicyclic) bond motifs is 2. The molecule has 25 heavy (non-hydrogen) atoms. The predicted octanol–water partition coefficient (Wildman–Crippen LogP) is 2.66. The Morgan fingerprint density at radius 3 is 2.76 bits per heavy atom. The molecule has 5 heteroatoms. The summed E-state index contributed by atoms with van der Waals surface area (Å²) < 4.78 is 11.0. The van der Waals surface area contributed by atoms with Crippen molar-refractivity contribution in [3.8, 4) is 0 Å². The number of rotatable bonds is 4. The van der Waals surface area contributed by atoms with E-state index in [0.717, 1.165) is 24.8 Å². The molecule has 0 radical (unpaired) electrons. The van der Waals surface area contributed by atoms with Crippen LogP contribution in [0.5, 0.6) is 0 Å². The van der Waals surface area contributed by atoms with Gasteiger partial charge in [-0.25, -0.2) is 0 Å². The molecule has 0 unspecified atom stereocenters. The van der Waals surface area contributed by atoms with E-state index >= 15 is 0 Å². The second kappa shape index (κ2) is 5.81. The Morgan fingerprint density at radius 1 is 1.40 bits per heavy atom. The number of epoxide rings is 1. The van der Waals surface area contributed by atoms with E-state index in [4.69, 9.17) is 9.15 Å². The summed E-state index contributed by atoms with van der Waals surface area (Å²) in [6.07, 6.45) is 6.18. The molecule has 1 aromatic rings. The third kappa shape index (κ3) is 2.29. The summed E-state index contributed by atoms with van der Waals surface area (Å²) in [5.41, 5.74) is -0.366. The second-order valence-electron chi connectivity index (χ2n) is 8.86. The summed E-state index contributed by atoms with van der Waals surface area (Å²) >= 11 is 0. The van der Waals surface area contributed by atoms with Gasteiger partial charge in [-0.3, -0.25) is 0 Å². The highest BCUT2D eigenvalue weighted by molar-refractivity contribution is 5.21. The molecule has 2 heterocycles. The summed E-state index contributed by atoms with van der Waals surface area (Å²) in [5, 5.41) is 32.3. The highest BCUT2D eigenvalue weighted by Crippen LogP contribution is 2.68. The number of ether oxygens (including phenoxy) is 1. The molecule has 3 aliphatic rings. The van der Waals surface area contributed by atoms with Crippen molar-refractivity contribution >= 4 is 0 Å². The lowest BCUT2D eigenvalue weighted by atomic mass is 9.43. The Kier molecular flexibility index (Phi) is 4.07. The van der Waals surface area contributed by atoms with Crippen LogP contribution in [0.4, 0.5) is 0 Å². The fourth-order valence-corrected chi connectivity index (χ4v) is 6.21. The Labute approximate surface area is 149 Å². The number of aliphatic hydroxyl groups is 3. The van der Waals surface area contributed by atoms with E-state index in [-0.39, 0.29) is 29.5 Å². The summed E-state index contributed by atoms with van der Waals surface area (Å²) in [5.74, 6) is 0.379. The van der Waals surface area contributed by atoms with Crippen LogP contribution in [0.2, 0.25) is 0 Å². The first-order valence-corrected chi connectivity index (χ1v) is 9.53. The van der Waals surface area contributed by atoms with Crippen LogP contribution in [0.15, 0.2) is 23.0 Å². The molecule has 0 bridgehead atoms. The van der Waals surface area contributed by atoms with Crippen LogP contribution in [0.1, 0.15) is 57.6 Å². The van der Waals surface area contributed by atoms with Gasteiger partial charge in [0.15, 0.2) is 0 Å².